The Kier molecular flexibility index (Phi) is 4.42. The Labute approximate surface area is 116 Å². The van der Waals surface area contributed by atoms with Gasteiger partial charge in [0.1, 0.15) is 0 Å². The third kappa shape index (κ3) is 3.12. The van der Waals surface area contributed by atoms with Crippen molar-refractivity contribution in [1.82, 2.24) is 4.72 Å². The number of halogens is 1. The maximum atomic E-state index is 12.2. The molecule has 0 saturated heterocycles. The molecule has 0 bridgehead atoms. The topological polar surface area (TPSA) is 55.4 Å². The van der Waals surface area contributed by atoms with Crippen LogP contribution >= 0.6 is 15.9 Å². The summed E-state index contributed by atoms with van der Waals surface area (Å²) in [7, 11) is -1.80. The summed E-state index contributed by atoms with van der Waals surface area (Å²) in [6, 6.07) is 6.79. The van der Waals surface area contributed by atoms with E-state index < -0.39 is 10.0 Å². The summed E-state index contributed by atoms with van der Waals surface area (Å²) >= 11 is 3.26. The van der Waals surface area contributed by atoms with Gasteiger partial charge in [0.2, 0.25) is 10.0 Å². The zero-order valence-corrected chi connectivity index (χ0v) is 12.5. The van der Waals surface area contributed by atoms with Crippen LogP contribution in [0.4, 0.5) is 0 Å². The van der Waals surface area contributed by atoms with Gasteiger partial charge >= 0.3 is 0 Å². The van der Waals surface area contributed by atoms with Crippen LogP contribution in [0, 0.1) is 0 Å². The predicted octanol–water partition coefficient (Wildman–Crippen LogP) is 2.29. The van der Waals surface area contributed by atoms with E-state index in [9.17, 15) is 8.42 Å². The van der Waals surface area contributed by atoms with Gasteiger partial charge in [-0.25, -0.2) is 13.1 Å². The first-order valence-electron chi connectivity index (χ1n) is 5.82. The molecule has 1 aliphatic carbocycles. The first-order chi connectivity index (χ1) is 8.53. The number of hydrogen-bond acceptors (Lipinski definition) is 3. The monoisotopic (exact) mass is 333 g/mol. The highest BCUT2D eigenvalue weighted by atomic mass is 79.9. The highest BCUT2D eigenvalue weighted by Gasteiger charge is 2.29. The zero-order valence-electron chi connectivity index (χ0n) is 10.1. The van der Waals surface area contributed by atoms with E-state index in [2.05, 4.69) is 20.7 Å². The lowest BCUT2D eigenvalue weighted by Crippen LogP contribution is -2.33. The lowest BCUT2D eigenvalue weighted by Gasteiger charge is -2.14. The van der Waals surface area contributed by atoms with Crippen molar-refractivity contribution in [3.05, 3.63) is 28.7 Å². The van der Waals surface area contributed by atoms with Gasteiger partial charge in [0, 0.05) is 17.6 Å². The number of sulfonamides is 1. The van der Waals surface area contributed by atoms with E-state index >= 15 is 0 Å². The second-order valence-corrected chi connectivity index (χ2v) is 6.96. The smallest absolute Gasteiger partial charge is 0.241 e. The summed E-state index contributed by atoms with van der Waals surface area (Å²) in [5.41, 5.74) is 0. The molecule has 0 aliphatic heterocycles. The maximum absolute atomic E-state index is 12.2. The van der Waals surface area contributed by atoms with Crippen LogP contribution in [0.2, 0.25) is 0 Å². The van der Waals surface area contributed by atoms with E-state index in [0.29, 0.717) is 4.47 Å². The van der Waals surface area contributed by atoms with Crippen molar-refractivity contribution in [3.8, 4) is 0 Å². The lowest BCUT2D eigenvalue weighted by atomic mass is 10.3. The molecule has 0 aromatic heterocycles. The molecular weight excluding hydrogens is 318 g/mol. The van der Waals surface area contributed by atoms with Crippen LogP contribution in [0.25, 0.3) is 0 Å². The van der Waals surface area contributed by atoms with Gasteiger partial charge in [-0.1, -0.05) is 12.1 Å². The van der Waals surface area contributed by atoms with Gasteiger partial charge in [-0.3, -0.25) is 0 Å². The predicted molar refractivity (Wildman–Crippen MR) is 72.9 cm³/mol. The van der Waals surface area contributed by atoms with E-state index in [1.54, 1.807) is 31.4 Å². The molecule has 2 unspecified atom stereocenters. The highest BCUT2D eigenvalue weighted by molar-refractivity contribution is 9.10. The van der Waals surface area contributed by atoms with Gasteiger partial charge in [-0.15, -0.1) is 0 Å². The Bertz CT molecular complexity index is 518. The number of ether oxygens (including phenoxy) is 1. The van der Waals surface area contributed by atoms with E-state index in [-0.39, 0.29) is 17.0 Å². The SMILES string of the molecule is COC1CCC(NS(=O)(=O)c2ccccc2Br)C1. The van der Waals surface area contributed by atoms with Crippen molar-refractivity contribution >= 4 is 26.0 Å². The molecule has 1 fully saturated rings. The van der Waals surface area contributed by atoms with Crippen molar-refractivity contribution in [2.75, 3.05) is 7.11 Å². The molecule has 18 heavy (non-hydrogen) atoms. The molecule has 1 aromatic carbocycles. The average molecular weight is 334 g/mol. The summed E-state index contributed by atoms with van der Waals surface area (Å²) in [5.74, 6) is 0. The Morgan fingerprint density at radius 3 is 2.67 bits per heavy atom. The molecule has 0 radical (unpaired) electrons. The molecule has 0 spiro atoms. The van der Waals surface area contributed by atoms with Gasteiger partial charge < -0.3 is 4.74 Å². The molecule has 0 heterocycles. The largest absolute Gasteiger partial charge is 0.381 e. The fourth-order valence-corrected chi connectivity index (χ4v) is 4.49. The number of rotatable bonds is 4. The number of methoxy groups -OCH3 is 1. The minimum atomic E-state index is -3.46. The van der Waals surface area contributed by atoms with Crippen molar-refractivity contribution in [2.45, 2.75) is 36.3 Å². The third-order valence-electron chi connectivity index (χ3n) is 3.17. The van der Waals surface area contributed by atoms with Gasteiger partial charge in [-0.05, 0) is 47.3 Å². The second kappa shape index (κ2) is 5.69. The Hall–Kier alpha value is -0.430. The molecule has 6 heteroatoms. The third-order valence-corrected chi connectivity index (χ3v) is 5.70. The highest BCUT2D eigenvalue weighted by Crippen LogP contribution is 2.25. The van der Waals surface area contributed by atoms with E-state index in [4.69, 9.17) is 4.74 Å². The second-order valence-electron chi connectivity index (χ2n) is 4.42. The van der Waals surface area contributed by atoms with Gasteiger partial charge in [0.05, 0.1) is 11.0 Å². The average Bonchev–Trinajstić information content (AvgIpc) is 2.76. The normalized spacial score (nSPS) is 24.3. The Morgan fingerprint density at radius 1 is 1.33 bits per heavy atom. The molecule has 1 N–H and O–H groups in total. The molecule has 2 atom stereocenters. The fraction of sp³-hybridized carbons (Fsp3) is 0.500. The molecular formula is C12H16BrNO3S. The van der Waals surface area contributed by atoms with Crippen LogP contribution < -0.4 is 4.72 Å². The van der Waals surface area contributed by atoms with Crippen LogP contribution in [0.15, 0.2) is 33.6 Å². The first-order valence-corrected chi connectivity index (χ1v) is 8.10. The molecule has 4 nitrogen and oxygen atoms in total. The standard InChI is InChI=1S/C12H16BrNO3S/c1-17-10-7-6-9(8-10)14-18(15,16)12-5-3-2-4-11(12)13/h2-5,9-10,14H,6-8H2,1H3. The molecule has 0 amide bonds. The summed E-state index contributed by atoms with van der Waals surface area (Å²) in [6.45, 7) is 0. The molecule has 100 valence electrons. The Morgan fingerprint density at radius 2 is 2.06 bits per heavy atom. The summed E-state index contributed by atoms with van der Waals surface area (Å²) in [6.07, 6.45) is 2.62. The minimum absolute atomic E-state index is 0.0351. The molecule has 1 aromatic rings. The van der Waals surface area contributed by atoms with E-state index in [1.807, 2.05) is 0 Å². The van der Waals surface area contributed by atoms with Gasteiger partial charge in [0.15, 0.2) is 0 Å². The number of hydrogen-bond donors (Lipinski definition) is 1. The quantitative estimate of drug-likeness (QED) is 0.919. The minimum Gasteiger partial charge on any atom is -0.381 e. The summed E-state index contributed by atoms with van der Waals surface area (Å²) in [5, 5.41) is 0. The summed E-state index contributed by atoms with van der Waals surface area (Å²) < 4.78 is 33.0. The van der Waals surface area contributed by atoms with Crippen molar-refractivity contribution in [1.29, 1.82) is 0 Å². The Balaban J connectivity index is 2.11. The van der Waals surface area contributed by atoms with Crippen LogP contribution in [-0.2, 0) is 14.8 Å². The van der Waals surface area contributed by atoms with Gasteiger partial charge in [-0.2, -0.15) is 0 Å². The summed E-state index contributed by atoms with van der Waals surface area (Å²) in [4.78, 5) is 0.283. The van der Waals surface area contributed by atoms with Gasteiger partial charge in [0.25, 0.3) is 0 Å². The van der Waals surface area contributed by atoms with Crippen LogP contribution in [0.5, 0.6) is 0 Å². The molecule has 1 aliphatic rings. The van der Waals surface area contributed by atoms with Crippen LogP contribution in [0.1, 0.15) is 19.3 Å². The maximum Gasteiger partial charge on any atom is 0.241 e. The van der Waals surface area contributed by atoms with Crippen molar-refractivity contribution in [2.24, 2.45) is 0 Å². The lowest BCUT2D eigenvalue weighted by molar-refractivity contribution is 0.107. The van der Waals surface area contributed by atoms with Crippen LogP contribution in [0.3, 0.4) is 0 Å². The zero-order chi connectivity index (χ0) is 13.2. The first kappa shape index (κ1) is 14.0. The van der Waals surface area contributed by atoms with E-state index in [0.717, 1.165) is 19.3 Å². The molecule has 2 rings (SSSR count). The van der Waals surface area contributed by atoms with Crippen molar-refractivity contribution in [3.63, 3.8) is 0 Å². The van der Waals surface area contributed by atoms with Crippen molar-refractivity contribution < 1.29 is 13.2 Å². The fourth-order valence-electron chi connectivity index (χ4n) is 2.21. The van der Waals surface area contributed by atoms with E-state index in [1.165, 1.54) is 0 Å². The number of benzene rings is 1. The van der Waals surface area contributed by atoms with Crippen LogP contribution in [-0.4, -0.2) is 27.7 Å². The molecule has 1 saturated carbocycles. The number of nitrogens with one attached hydrogen (secondary N) is 1.